The van der Waals surface area contributed by atoms with Gasteiger partial charge in [0.1, 0.15) is 6.54 Å². The van der Waals surface area contributed by atoms with Crippen LogP contribution in [0.1, 0.15) is 38.2 Å². The zero-order valence-corrected chi connectivity index (χ0v) is 15.7. The van der Waals surface area contributed by atoms with Crippen LogP contribution < -0.4 is 5.32 Å². The summed E-state index contributed by atoms with van der Waals surface area (Å²) in [4.78, 5) is 51.4. The van der Waals surface area contributed by atoms with Gasteiger partial charge in [-0.1, -0.05) is 31.9 Å². The molecular formula is C20H22N4O4. The Bertz CT molecular complexity index is 843. The van der Waals surface area contributed by atoms with E-state index in [2.05, 4.69) is 5.32 Å². The standard InChI is InChI=1S/C20H22N4O4/c1-13-4-2-3-5-16(13)24-19(27)18(26)23(20(24)28)12-17(25)22-15-8-6-14(7-9-15)10-11-21/h6-9,13,16H,2-5,10,12H2,1H3,(H,22,25)/t13-,16+/m0/s1. The Hall–Kier alpha value is -3.21. The molecule has 1 aromatic carbocycles. The molecule has 1 aliphatic heterocycles. The van der Waals surface area contributed by atoms with E-state index in [0.717, 1.165) is 29.7 Å². The quantitative estimate of drug-likeness (QED) is 0.619. The van der Waals surface area contributed by atoms with Crippen LogP contribution in [0.5, 0.6) is 0 Å². The van der Waals surface area contributed by atoms with Gasteiger partial charge in [-0.15, -0.1) is 0 Å². The molecule has 0 radical (unpaired) electrons. The predicted molar refractivity (Wildman–Crippen MR) is 99.8 cm³/mol. The van der Waals surface area contributed by atoms with Gasteiger partial charge in [0, 0.05) is 11.7 Å². The highest BCUT2D eigenvalue weighted by Gasteiger charge is 2.49. The van der Waals surface area contributed by atoms with Crippen LogP contribution in [0.4, 0.5) is 10.5 Å². The van der Waals surface area contributed by atoms with Gasteiger partial charge in [-0.05, 0) is 36.5 Å². The predicted octanol–water partition coefficient (Wildman–Crippen LogP) is 2.06. The van der Waals surface area contributed by atoms with E-state index in [1.165, 1.54) is 0 Å². The van der Waals surface area contributed by atoms with Crippen LogP contribution in [-0.4, -0.2) is 46.1 Å². The summed E-state index contributed by atoms with van der Waals surface area (Å²) in [5.41, 5.74) is 1.29. The summed E-state index contributed by atoms with van der Waals surface area (Å²) in [6.45, 7) is 1.46. The molecule has 5 amide bonds. The van der Waals surface area contributed by atoms with Crippen molar-refractivity contribution >= 4 is 29.4 Å². The van der Waals surface area contributed by atoms with Gasteiger partial charge >= 0.3 is 17.8 Å². The van der Waals surface area contributed by atoms with E-state index in [9.17, 15) is 19.2 Å². The summed E-state index contributed by atoms with van der Waals surface area (Å²) in [6, 6.07) is 7.72. The minimum absolute atomic E-state index is 0.134. The highest BCUT2D eigenvalue weighted by Crippen LogP contribution is 2.31. The monoisotopic (exact) mass is 382 g/mol. The molecule has 2 aliphatic rings. The van der Waals surface area contributed by atoms with E-state index in [1.807, 2.05) is 13.0 Å². The molecule has 1 N–H and O–H groups in total. The first kappa shape index (κ1) is 19.5. The number of nitriles is 1. The van der Waals surface area contributed by atoms with Gasteiger partial charge in [-0.3, -0.25) is 19.3 Å². The van der Waals surface area contributed by atoms with Gasteiger partial charge < -0.3 is 5.32 Å². The lowest BCUT2D eigenvalue weighted by Gasteiger charge is -2.34. The van der Waals surface area contributed by atoms with Crippen LogP contribution in [0, 0.1) is 17.2 Å². The maximum absolute atomic E-state index is 12.7. The summed E-state index contributed by atoms with van der Waals surface area (Å²) in [7, 11) is 0. The molecule has 0 spiro atoms. The van der Waals surface area contributed by atoms with E-state index >= 15 is 0 Å². The molecule has 0 aromatic heterocycles. The molecule has 1 heterocycles. The highest BCUT2D eigenvalue weighted by atomic mass is 16.2. The average Bonchev–Trinajstić information content (AvgIpc) is 2.88. The molecule has 146 valence electrons. The Morgan fingerprint density at radius 3 is 2.46 bits per heavy atom. The first-order valence-corrected chi connectivity index (χ1v) is 9.37. The molecule has 28 heavy (non-hydrogen) atoms. The summed E-state index contributed by atoms with van der Waals surface area (Å²) in [5, 5.41) is 11.3. The normalized spacial score (nSPS) is 22.4. The number of nitrogens with one attached hydrogen (secondary N) is 1. The molecule has 8 heteroatoms. The third kappa shape index (κ3) is 3.88. The van der Waals surface area contributed by atoms with Crippen molar-refractivity contribution in [1.29, 1.82) is 5.26 Å². The molecule has 0 unspecified atom stereocenters. The van der Waals surface area contributed by atoms with Crippen LogP contribution in [0.15, 0.2) is 24.3 Å². The second-order valence-corrected chi connectivity index (χ2v) is 7.26. The number of carbonyl (C=O) groups excluding carboxylic acids is 4. The van der Waals surface area contributed by atoms with Crippen molar-refractivity contribution in [2.24, 2.45) is 5.92 Å². The van der Waals surface area contributed by atoms with Gasteiger partial charge in [0.15, 0.2) is 0 Å². The van der Waals surface area contributed by atoms with E-state index in [4.69, 9.17) is 5.26 Å². The molecule has 1 saturated heterocycles. The van der Waals surface area contributed by atoms with Gasteiger partial charge in [0.05, 0.1) is 12.5 Å². The Kier molecular flexibility index (Phi) is 5.73. The zero-order chi connectivity index (χ0) is 20.3. The van der Waals surface area contributed by atoms with Crippen LogP contribution >= 0.6 is 0 Å². The lowest BCUT2D eigenvalue weighted by Crippen LogP contribution is -2.46. The minimum Gasteiger partial charge on any atom is -0.325 e. The number of anilines is 1. The number of carbonyl (C=O) groups is 4. The molecule has 1 saturated carbocycles. The maximum Gasteiger partial charge on any atom is 0.334 e. The number of urea groups is 1. The first-order valence-electron chi connectivity index (χ1n) is 9.37. The molecular weight excluding hydrogens is 360 g/mol. The number of amides is 5. The summed E-state index contributed by atoms with van der Waals surface area (Å²) in [6.07, 6.45) is 3.80. The maximum atomic E-state index is 12.7. The van der Waals surface area contributed by atoms with E-state index in [1.54, 1.807) is 24.3 Å². The second kappa shape index (κ2) is 8.21. The van der Waals surface area contributed by atoms with Gasteiger partial charge in [0.2, 0.25) is 5.91 Å². The number of nitrogens with zero attached hydrogens (tertiary/aromatic N) is 3. The third-order valence-corrected chi connectivity index (χ3v) is 5.30. The van der Waals surface area contributed by atoms with Crippen molar-refractivity contribution in [2.45, 2.75) is 45.1 Å². The molecule has 1 aromatic rings. The Labute approximate surface area is 163 Å². The van der Waals surface area contributed by atoms with Crippen molar-refractivity contribution in [3.8, 4) is 6.07 Å². The fourth-order valence-corrected chi connectivity index (χ4v) is 3.78. The van der Waals surface area contributed by atoms with E-state index in [0.29, 0.717) is 17.0 Å². The largest absolute Gasteiger partial charge is 0.334 e. The first-order chi connectivity index (χ1) is 13.4. The van der Waals surface area contributed by atoms with E-state index < -0.39 is 30.3 Å². The highest BCUT2D eigenvalue weighted by molar-refractivity contribution is 6.45. The van der Waals surface area contributed by atoms with Crippen LogP contribution in [0.25, 0.3) is 0 Å². The number of benzene rings is 1. The second-order valence-electron chi connectivity index (χ2n) is 7.26. The molecule has 3 rings (SSSR count). The van der Waals surface area contributed by atoms with Crippen LogP contribution in [0.3, 0.4) is 0 Å². The molecule has 2 fully saturated rings. The molecule has 0 bridgehead atoms. The van der Waals surface area contributed by atoms with Crippen molar-refractivity contribution < 1.29 is 19.2 Å². The number of rotatable bonds is 5. The third-order valence-electron chi connectivity index (χ3n) is 5.30. The fourth-order valence-electron chi connectivity index (χ4n) is 3.78. The molecule has 8 nitrogen and oxygen atoms in total. The Morgan fingerprint density at radius 1 is 1.14 bits per heavy atom. The van der Waals surface area contributed by atoms with Crippen molar-refractivity contribution in [2.75, 3.05) is 11.9 Å². The SMILES string of the molecule is C[C@H]1CCCC[C@H]1N1C(=O)C(=O)N(CC(=O)Nc2ccc(CC#N)cc2)C1=O. The fraction of sp³-hybridized carbons (Fsp3) is 0.450. The number of hydrogen-bond acceptors (Lipinski definition) is 5. The average molecular weight is 382 g/mol. The van der Waals surface area contributed by atoms with Crippen molar-refractivity contribution in [3.05, 3.63) is 29.8 Å². The topological polar surface area (TPSA) is 111 Å². The van der Waals surface area contributed by atoms with Crippen LogP contribution in [-0.2, 0) is 20.8 Å². The Morgan fingerprint density at radius 2 is 1.82 bits per heavy atom. The molecule has 2 atom stereocenters. The smallest absolute Gasteiger partial charge is 0.325 e. The van der Waals surface area contributed by atoms with Gasteiger partial charge in [-0.25, -0.2) is 9.69 Å². The summed E-state index contributed by atoms with van der Waals surface area (Å²) >= 11 is 0. The lowest BCUT2D eigenvalue weighted by molar-refractivity contribution is -0.145. The Balaban J connectivity index is 1.65. The zero-order valence-electron chi connectivity index (χ0n) is 15.7. The number of hydrogen-bond donors (Lipinski definition) is 1. The summed E-state index contributed by atoms with van der Waals surface area (Å²) < 4.78 is 0. The van der Waals surface area contributed by atoms with E-state index in [-0.39, 0.29) is 18.4 Å². The van der Waals surface area contributed by atoms with Gasteiger partial charge in [0.25, 0.3) is 0 Å². The minimum atomic E-state index is -0.956. The lowest BCUT2D eigenvalue weighted by atomic mass is 9.85. The van der Waals surface area contributed by atoms with Crippen molar-refractivity contribution in [1.82, 2.24) is 9.80 Å². The van der Waals surface area contributed by atoms with Crippen LogP contribution in [0.2, 0.25) is 0 Å². The van der Waals surface area contributed by atoms with Crippen molar-refractivity contribution in [3.63, 3.8) is 0 Å². The number of imide groups is 2. The molecule has 1 aliphatic carbocycles. The summed E-state index contributed by atoms with van der Waals surface area (Å²) in [5.74, 6) is -2.24. The van der Waals surface area contributed by atoms with Gasteiger partial charge in [-0.2, -0.15) is 5.26 Å².